The first-order valence-electron chi connectivity index (χ1n) is 8.54. The Morgan fingerprint density at radius 2 is 1.80 bits per heavy atom. The number of carbonyl (C=O) groups excluding carboxylic acids is 1. The lowest BCUT2D eigenvalue weighted by atomic mass is 10.1. The molecule has 0 aliphatic carbocycles. The van der Waals surface area contributed by atoms with Gasteiger partial charge >= 0.3 is 0 Å². The summed E-state index contributed by atoms with van der Waals surface area (Å²) in [5, 5.41) is 11.7. The number of benzene rings is 3. The summed E-state index contributed by atoms with van der Waals surface area (Å²) in [6, 6.07) is 17.3. The molecule has 0 fully saturated rings. The van der Waals surface area contributed by atoms with Crippen molar-refractivity contribution in [2.75, 3.05) is 5.32 Å². The predicted molar refractivity (Wildman–Crippen MR) is 109 cm³/mol. The molecule has 0 aromatic heterocycles. The van der Waals surface area contributed by atoms with Gasteiger partial charge in [0.05, 0.1) is 17.9 Å². The Labute approximate surface area is 177 Å². The van der Waals surface area contributed by atoms with Gasteiger partial charge in [-0.15, -0.1) is 0 Å². The van der Waals surface area contributed by atoms with Crippen molar-refractivity contribution in [2.24, 2.45) is 0 Å². The summed E-state index contributed by atoms with van der Waals surface area (Å²) in [5.41, 5.74) is 0.700. The molecule has 0 aliphatic rings. The zero-order valence-corrected chi connectivity index (χ0v) is 16.9. The summed E-state index contributed by atoms with van der Waals surface area (Å²) in [6.45, 7) is -0.282. The van der Waals surface area contributed by atoms with E-state index in [1.54, 1.807) is 6.07 Å². The van der Waals surface area contributed by atoms with Gasteiger partial charge in [0.25, 0.3) is 16.0 Å². The van der Waals surface area contributed by atoms with Crippen LogP contribution in [0.4, 0.5) is 10.1 Å². The lowest BCUT2D eigenvalue weighted by Gasteiger charge is -2.09. The lowest BCUT2D eigenvalue weighted by Crippen LogP contribution is -2.13. The molecule has 0 aliphatic heterocycles. The van der Waals surface area contributed by atoms with E-state index in [1.165, 1.54) is 54.6 Å². The summed E-state index contributed by atoms with van der Waals surface area (Å²) in [5.74, 6) is -1.21. The second kappa shape index (κ2) is 9.05. The van der Waals surface area contributed by atoms with Crippen LogP contribution in [0.5, 0.6) is 0 Å². The monoisotopic (exact) mass is 444 g/mol. The molecule has 6 nitrogen and oxygen atoms in total. The van der Waals surface area contributed by atoms with E-state index in [4.69, 9.17) is 21.0 Å². The van der Waals surface area contributed by atoms with Gasteiger partial charge in [0.2, 0.25) is 0 Å². The quantitative estimate of drug-likeness (QED) is 0.564. The van der Waals surface area contributed by atoms with Crippen molar-refractivity contribution in [3.05, 3.63) is 94.3 Å². The number of anilines is 1. The van der Waals surface area contributed by atoms with Gasteiger partial charge in [-0.25, -0.2) is 4.39 Å². The minimum Gasteiger partial charge on any atom is -0.319 e. The SMILES string of the molecule is N#Cc1ccccc1S(=O)(=O)OCc1ccc(C(=O)Nc2ccc(Cl)cc2F)cc1. The minimum absolute atomic E-state index is 0.0148. The number of hydrogen-bond donors (Lipinski definition) is 1. The van der Waals surface area contributed by atoms with Gasteiger partial charge < -0.3 is 5.32 Å². The highest BCUT2D eigenvalue weighted by Crippen LogP contribution is 2.21. The van der Waals surface area contributed by atoms with Crippen molar-refractivity contribution in [1.82, 2.24) is 0 Å². The summed E-state index contributed by atoms with van der Waals surface area (Å²) < 4.78 is 43.5. The molecule has 0 heterocycles. The van der Waals surface area contributed by atoms with Crippen molar-refractivity contribution in [3.63, 3.8) is 0 Å². The zero-order valence-electron chi connectivity index (χ0n) is 15.3. The Bertz CT molecular complexity index is 1240. The van der Waals surface area contributed by atoms with Gasteiger partial charge in [0, 0.05) is 10.6 Å². The molecule has 0 radical (unpaired) electrons. The molecule has 0 saturated heterocycles. The third-order valence-corrected chi connectivity index (χ3v) is 5.61. The Morgan fingerprint density at radius 1 is 1.10 bits per heavy atom. The van der Waals surface area contributed by atoms with Crippen molar-refractivity contribution < 1.29 is 21.8 Å². The Morgan fingerprint density at radius 3 is 2.47 bits per heavy atom. The van der Waals surface area contributed by atoms with Gasteiger partial charge in [-0.1, -0.05) is 35.9 Å². The molecular weight excluding hydrogens is 431 g/mol. The van der Waals surface area contributed by atoms with Crippen LogP contribution in [0.1, 0.15) is 21.5 Å². The molecule has 3 rings (SSSR count). The smallest absolute Gasteiger partial charge is 0.298 e. The highest BCUT2D eigenvalue weighted by Gasteiger charge is 2.19. The van der Waals surface area contributed by atoms with Gasteiger partial charge in [0.1, 0.15) is 16.8 Å². The summed E-state index contributed by atoms with van der Waals surface area (Å²) in [6.07, 6.45) is 0. The minimum atomic E-state index is -4.13. The lowest BCUT2D eigenvalue weighted by molar-refractivity contribution is 0.102. The maximum atomic E-state index is 13.8. The first-order valence-corrected chi connectivity index (χ1v) is 10.3. The topological polar surface area (TPSA) is 96.3 Å². The molecule has 0 atom stereocenters. The van der Waals surface area contributed by atoms with Crippen LogP contribution >= 0.6 is 11.6 Å². The Kier molecular flexibility index (Phi) is 6.47. The van der Waals surface area contributed by atoms with Crippen molar-refractivity contribution in [1.29, 1.82) is 5.26 Å². The second-order valence-electron chi connectivity index (χ2n) is 6.10. The average molecular weight is 445 g/mol. The largest absolute Gasteiger partial charge is 0.319 e. The van der Waals surface area contributed by atoms with Crippen LogP contribution in [-0.4, -0.2) is 14.3 Å². The summed E-state index contributed by atoms with van der Waals surface area (Å²) in [7, 11) is -4.13. The zero-order chi connectivity index (χ0) is 21.7. The fourth-order valence-corrected chi connectivity index (χ4v) is 3.73. The second-order valence-corrected chi connectivity index (χ2v) is 8.12. The van der Waals surface area contributed by atoms with Crippen LogP contribution in [0, 0.1) is 17.1 Å². The molecular formula is C21H14ClFN2O4S. The third-order valence-electron chi connectivity index (χ3n) is 4.05. The molecule has 9 heteroatoms. The summed E-state index contributed by atoms with van der Waals surface area (Å²) in [4.78, 5) is 12.1. The van der Waals surface area contributed by atoms with Crippen LogP contribution in [0.15, 0.2) is 71.6 Å². The molecule has 0 spiro atoms. The van der Waals surface area contributed by atoms with Gasteiger partial charge in [-0.05, 0) is 48.0 Å². The van der Waals surface area contributed by atoms with Crippen LogP contribution in [0.25, 0.3) is 0 Å². The van der Waals surface area contributed by atoms with Gasteiger partial charge in [-0.3, -0.25) is 8.98 Å². The third kappa shape index (κ3) is 5.02. The molecule has 0 saturated carbocycles. The maximum absolute atomic E-state index is 13.8. The number of nitriles is 1. The first kappa shape index (κ1) is 21.5. The van der Waals surface area contributed by atoms with E-state index >= 15 is 0 Å². The normalized spacial score (nSPS) is 11.0. The van der Waals surface area contributed by atoms with Crippen molar-refractivity contribution in [2.45, 2.75) is 11.5 Å². The first-order chi connectivity index (χ1) is 14.3. The van der Waals surface area contributed by atoms with E-state index in [-0.39, 0.29) is 33.3 Å². The number of nitrogens with zero attached hydrogens (tertiary/aromatic N) is 1. The van der Waals surface area contributed by atoms with E-state index in [0.717, 1.165) is 6.07 Å². The molecule has 1 amide bonds. The van der Waals surface area contributed by atoms with Gasteiger partial charge in [-0.2, -0.15) is 13.7 Å². The molecule has 3 aromatic carbocycles. The number of hydrogen-bond acceptors (Lipinski definition) is 5. The molecule has 0 unspecified atom stereocenters. The highest BCUT2D eigenvalue weighted by molar-refractivity contribution is 7.86. The van der Waals surface area contributed by atoms with Crippen LogP contribution in [0.2, 0.25) is 5.02 Å². The van der Waals surface area contributed by atoms with E-state index in [1.807, 2.05) is 6.07 Å². The molecule has 3 aromatic rings. The predicted octanol–water partition coefficient (Wildman–Crippen LogP) is 4.51. The molecule has 30 heavy (non-hydrogen) atoms. The Hall–Kier alpha value is -3.25. The van der Waals surface area contributed by atoms with E-state index in [0.29, 0.717) is 5.56 Å². The van der Waals surface area contributed by atoms with Crippen LogP contribution < -0.4 is 5.32 Å². The number of carbonyl (C=O) groups is 1. The number of rotatable bonds is 6. The van der Waals surface area contributed by atoms with E-state index in [2.05, 4.69) is 5.32 Å². The fraction of sp³-hybridized carbons (Fsp3) is 0.0476. The fourth-order valence-electron chi connectivity index (χ4n) is 2.52. The van der Waals surface area contributed by atoms with E-state index in [9.17, 15) is 17.6 Å². The van der Waals surface area contributed by atoms with Crippen LogP contribution in [0.3, 0.4) is 0 Å². The number of halogens is 2. The highest BCUT2D eigenvalue weighted by atomic mass is 35.5. The molecule has 1 N–H and O–H groups in total. The standard InChI is InChI=1S/C21H14ClFN2O4S/c22-17-9-10-19(18(23)11-17)25-21(26)15-7-5-14(6-8-15)13-29-30(27,28)20-4-2-1-3-16(20)12-24/h1-11H,13H2,(H,25,26). The van der Waals surface area contributed by atoms with Crippen molar-refractivity contribution in [3.8, 4) is 6.07 Å². The molecule has 0 bridgehead atoms. The molecule has 152 valence electrons. The average Bonchev–Trinajstić information content (AvgIpc) is 2.74. The van der Waals surface area contributed by atoms with E-state index < -0.39 is 21.8 Å². The van der Waals surface area contributed by atoms with Gasteiger partial charge in [0.15, 0.2) is 0 Å². The maximum Gasteiger partial charge on any atom is 0.298 e. The summed E-state index contributed by atoms with van der Waals surface area (Å²) >= 11 is 5.68. The number of amides is 1. The Balaban J connectivity index is 1.67. The number of nitrogens with one attached hydrogen (secondary N) is 1. The van der Waals surface area contributed by atoms with Crippen molar-refractivity contribution >= 4 is 33.3 Å². The van der Waals surface area contributed by atoms with Crippen LogP contribution in [-0.2, 0) is 20.9 Å².